The van der Waals surface area contributed by atoms with Gasteiger partial charge < -0.3 is 20.2 Å². The predicted molar refractivity (Wildman–Crippen MR) is 99.8 cm³/mol. The number of benzene rings is 1. The molecule has 4 rings (SSSR count). The van der Waals surface area contributed by atoms with E-state index in [1.54, 1.807) is 11.6 Å². The van der Waals surface area contributed by atoms with E-state index in [4.69, 9.17) is 4.74 Å². The van der Waals surface area contributed by atoms with Crippen LogP contribution in [0.2, 0.25) is 0 Å². The van der Waals surface area contributed by atoms with Crippen molar-refractivity contribution >= 4 is 27.9 Å². The maximum absolute atomic E-state index is 11.6. The average molecular weight is 373 g/mol. The Balaban J connectivity index is 1.65. The van der Waals surface area contributed by atoms with Crippen LogP contribution >= 0.6 is 11.3 Å². The third-order valence-corrected chi connectivity index (χ3v) is 5.22. The first kappa shape index (κ1) is 17.0. The second-order valence-corrected chi connectivity index (χ2v) is 6.99. The molecule has 1 aliphatic rings. The highest BCUT2D eigenvalue weighted by atomic mass is 32.1. The molecule has 26 heavy (non-hydrogen) atoms. The predicted octanol–water partition coefficient (Wildman–Crippen LogP) is 2.79. The van der Waals surface area contributed by atoms with Gasteiger partial charge in [0.05, 0.1) is 19.3 Å². The zero-order valence-electron chi connectivity index (χ0n) is 14.1. The summed E-state index contributed by atoms with van der Waals surface area (Å²) >= 11 is 1.38. The fraction of sp³-hybridized carbons (Fsp3) is 0.353. The van der Waals surface area contributed by atoms with Crippen LogP contribution in [0.15, 0.2) is 41.9 Å². The SMILES string of the molecule is O=[N+]([O-])c1c(NC(CN2CCOCC2)c2ccccc2)nc2sccn12. The van der Waals surface area contributed by atoms with Gasteiger partial charge in [0, 0.05) is 25.0 Å². The molecule has 1 saturated heterocycles. The van der Waals surface area contributed by atoms with Gasteiger partial charge in [0.2, 0.25) is 5.82 Å². The van der Waals surface area contributed by atoms with Gasteiger partial charge in [-0.15, -0.1) is 0 Å². The minimum Gasteiger partial charge on any atom is -0.379 e. The van der Waals surface area contributed by atoms with Crippen LogP contribution in [0.4, 0.5) is 11.6 Å². The number of nitro groups is 1. The van der Waals surface area contributed by atoms with E-state index in [0.717, 1.165) is 25.2 Å². The third-order valence-electron chi connectivity index (χ3n) is 4.47. The Morgan fingerprint density at radius 1 is 1.31 bits per heavy atom. The van der Waals surface area contributed by atoms with Gasteiger partial charge in [0.25, 0.3) is 4.96 Å². The van der Waals surface area contributed by atoms with Crippen molar-refractivity contribution in [3.05, 3.63) is 57.6 Å². The smallest absolute Gasteiger partial charge is 0.372 e. The molecule has 0 spiro atoms. The van der Waals surface area contributed by atoms with Crippen molar-refractivity contribution < 1.29 is 9.66 Å². The molecule has 0 bridgehead atoms. The van der Waals surface area contributed by atoms with Crippen molar-refractivity contribution in [3.8, 4) is 0 Å². The number of anilines is 1. The zero-order chi connectivity index (χ0) is 17.9. The number of morpholine rings is 1. The lowest BCUT2D eigenvalue weighted by molar-refractivity contribution is -0.389. The lowest BCUT2D eigenvalue weighted by Crippen LogP contribution is -2.40. The summed E-state index contributed by atoms with van der Waals surface area (Å²) in [7, 11) is 0. The van der Waals surface area contributed by atoms with Gasteiger partial charge in [-0.1, -0.05) is 41.7 Å². The van der Waals surface area contributed by atoms with Crippen molar-refractivity contribution in [2.24, 2.45) is 0 Å². The number of ether oxygens (including phenoxy) is 1. The molecule has 1 N–H and O–H groups in total. The minimum absolute atomic E-state index is 0.0239. The van der Waals surface area contributed by atoms with Crippen LogP contribution < -0.4 is 5.32 Å². The summed E-state index contributed by atoms with van der Waals surface area (Å²) in [5.41, 5.74) is 1.07. The molecule has 8 nitrogen and oxygen atoms in total. The highest BCUT2D eigenvalue weighted by Crippen LogP contribution is 2.31. The van der Waals surface area contributed by atoms with Crippen molar-refractivity contribution in [1.82, 2.24) is 14.3 Å². The highest BCUT2D eigenvalue weighted by Gasteiger charge is 2.27. The molecule has 1 aliphatic heterocycles. The summed E-state index contributed by atoms with van der Waals surface area (Å²) in [6, 6.07) is 9.87. The lowest BCUT2D eigenvalue weighted by atomic mass is 10.1. The topological polar surface area (TPSA) is 84.9 Å². The van der Waals surface area contributed by atoms with Crippen molar-refractivity contribution in [3.63, 3.8) is 0 Å². The molecule has 0 saturated carbocycles. The molecule has 1 atom stereocenters. The van der Waals surface area contributed by atoms with Gasteiger partial charge in [0.1, 0.15) is 6.20 Å². The van der Waals surface area contributed by atoms with E-state index >= 15 is 0 Å². The van der Waals surface area contributed by atoms with E-state index in [0.29, 0.717) is 24.0 Å². The van der Waals surface area contributed by atoms with Crippen LogP contribution in [0.25, 0.3) is 4.96 Å². The number of aromatic nitrogens is 2. The number of fused-ring (bicyclic) bond motifs is 1. The Labute approximate surface area is 154 Å². The van der Waals surface area contributed by atoms with E-state index < -0.39 is 0 Å². The first-order valence-corrected chi connectivity index (χ1v) is 9.32. The van der Waals surface area contributed by atoms with Crippen LogP contribution in [0.5, 0.6) is 0 Å². The van der Waals surface area contributed by atoms with E-state index in [1.165, 1.54) is 15.7 Å². The fourth-order valence-electron chi connectivity index (χ4n) is 3.17. The minimum atomic E-state index is -0.383. The number of nitrogens with one attached hydrogen (secondary N) is 1. The monoisotopic (exact) mass is 373 g/mol. The first-order chi connectivity index (χ1) is 12.7. The van der Waals surface area contributed by atoms with E-state index in [2.05, 4.69) is 15.2 Å². The normalized spacial score (nSPS) is 16.6. The first-order valence-electron chi connectivity index (χ1n) is 8.44. The van der Waals surface area contributed by atoms with Crippen molar-refractivity contribution in [2.45, 2.75) is 6.04 Å². The molecule has 2 aromatic heterocycles. The number of hydrogen-bond acceptors (Lipinski definition) is 7. The van der Waals surface area contributed by atoms with Gasteiger partial charge in [0.15, 0.2) is 0 Å². The quantitative estimate of drug-likeness (QED) is 0.528. The van der Waals surface area contributed by atoms with E-state index in [9.17, 15) is 10.1 Å². The summed E-state index contributed by atoms with van der Waals surface area (Å²) in [6.07, 6.45) is 1.68. The molecule has 0 amide bonds. The Kier molecular flexibility index (Phi) is 4.83. The van der Waals surface area contributed by atoms with Crippen LogP contribution in [-0.4, -0.2) is 52.1 Å². The maximum atomic E-state index is 11.6. The third kappa shape index (κ3) is 3.41. The van der Waals surface area contributed by atoms with Gasteiger partial charge in [-0.2, -0.15) is 9.38 Å². The van der Waals surface area contributed by atoms with Crippen LogP contribution in [0.1, 0.15) is 11.6 Å². The number of rotatable bonds is 6. The molecular weight excluding hydrogens is 354 g/mol. The van der Waals surface area contributed by atoms with Gasteiger partial charge >= 0.3 is 5.82 Å². The second kappa shape index (κ2) is 7.40. The molecule has 0 aliphatic carbocycles. The number of nitrogens with zero attached hydrogens (tertiary/aromatic N) is 4. The Morgan fingerprint density at radius 2 is 2.08 bits per heavy atom. The summed E-state index contributed by atoms with van der Waals surface area (Å²) in [4.78, 5) is 18.6. The molecule has 136 valence electrons. The summed E-state index contributed by atoms with van der Waals surface area (Å²) in [5, 5.41) is 16.7. The van der Waals surface area contributed by atoms with Gasteiger partial charge in [-0.05, 0) is 10.5 Å². The number of thiazole rings is 1. The highest BCUT2D eigenvalue weighted by molar-refractivity contribution is 7.15. The molecule has 1 unspecified atom stereocenters. The Morgan fingerprint density at radius 3 is 2.81 bits per heavy atom. The summed E-state index contributed by atoms with van der Waals surface area (Å²) < 4.78 is 6.94. The van der Waals surface area contributed by atoms with Crippen LogP contribution in [-0.2, 0) is 4.74 Å². The largest absolute Gasteiger partial charge is 0.379 e. The van der Waals surface area contributed by atoms with Crippen LogP contribution in [0.3, 0.4) is 0 Å². The Hall–Kier alpha value is -2.49. The molecule has 1 fully saturated rings. The Bertz CT molecular complexity index is 888. The molecule has 0 radical (unpaired) electrons. The van der Waals surface area contributed by atoms with E-state index in [-0.39, 0.29) is 16.8 Å². The number of imidazole rings is 1. The molecule has 3 heterocycles. The molecule has 9 heteroatoms. The summed E-state index contributed by atoms with van der Waals surface area (Å²) in [5.74, 6) is 0.285. The summed E-state index contributed by atoms with van der Waals surface area (Å²) in [6.45, 7) is 3.86. The lowest BCUT2D eigenvalue weighted by Gasteiger charge is -2.31. The van der Waals surface area contributed by atoms with Crippen LogP contribution in [0, 0.1) is 10.1 Å². The molecule has 1 aromatic carbocycles. The average Bonchev–Trinajstić information content (AvgIpc) is 3.23. The number of hydrogen-bond donors (Lipinski definition) is 1. The van der Waals surface area contributed by atoms with Crippen molar-refractivity contribution in [2.75, 3.05) is 38.2 Å². The zero-order valence-corrected chi connectivity index (χ0v) is 14.9. The molecule has 3 aromatic rings. The maximum Gasteiger partial charge on any atom is 0.372 e. The van der Waals surface area contributed by atoms with Gasteiger partial charge in [-0.3, -0.25) is 4.90 Å². The standard InChI is InChI=1S/C17H19N5O3S/c23-22(24)16-15(19-17-21(16)8-11-26-17)18-14(13-4-2-1-3-5-13)12-20-6-9-25-10-7-20/h1-5,8,11,14,18H,6-7,9-10,12H2. The van der Waals surface area contributed by atoms with Crippen molar-refractivity contribution in [1.29, 1.82) is 0 Å². The fourth-order valence-corrected chi connectivity index (χ4v) is 3.88. The molecular formula is C17H19N5O3S. The second-order valence-electron chi connectivity index (χ2n) is 6.12. The van der Waals surface area contributed by atoms with E-state index in [1.807, 2.05) is 30.3 Å². The van der Waals surface area contributed by atoms with Gasteiger partial charge in [-0.25, -0.2) is 0 Å².